The van der Waals surface area contributed by atoms with Crippen molar-refractivity contribution in [3.8, 4) is 0 Å². The zero-order valence-corrected chi connectivity index (χ0v) is 13.6. The first-order valence-electron chi connectivity index (χ1n) is 7.19. The van der Waals surface area contributed by atoms with E-state index in [4.69, 9.17) is 0 Å². The molecule has 0 aliphatic heterocycles. The van der Waals surface area contributed by atoms with Crippen molar-refractivity contribution >= 4 is 17.2 Å². The number of nitrogens with zero attached hydrogens (tertiary/aromatic N) is 1. The third-order valence-corrected chi connectivity index (χ3v) is 4.32. The van der Waals surface area contributed by atoms with Crippen LogP contribution in [0.1, 0.15) is 41.7 Å². The van der Waals surface area contributed by atoms with E-state index in [-0.39, 0.29) is 18.4 Å². The Morgan fingerprint density at radius 3 is 2.74 bits per heavy atom. The number of aryl methyl sites for hydroxylation is 1. The summed E-state index contributed by atoms with van der Waals surface area (Å²) in [5, 5.41) is 5.63. The van der Waals surface area contributed by atoms with Gasteiger partial charge in [0.05, 0.1) is 28.7 Å². The van der Waals surface area contributed by atoms with Crippen LogP contribution in [-0.2, 0) is 23.8 Å². The van der Waals surface area contributed by atoms with E-state index in [0.29, 0.717) is 5.56 Å². The second kappa shape index (κ2) is 7.12. The molecule has 0 saturated carbocycles. The van der Waals surface area contributed by atoms with Gasteiger partial charge in [-0.25, -0.2) is 4.98 Å². The molecule has 0 saturated heterocycles. The van der Waals surface area contributed by atoms with Gasteiger partial charge in [0.1, 0.15) is 0 Å². The van der Waals surface area contributed by atoms with Crippen molar-refractivity contribution in [1.82, 2.24) is 10.3 Å². The largest absolute Gasteiger partial charge is 0.416 e. The number of hydrogen-bond acceptors (Lipinski definition) is 3. The highest BCUT2D eigenvalue weighted by molar-refractivity contribution is 7.09. The topological polar surface area (TPSA) is 42.0 Å². The van der Waals surface area contributed by atoms with Gasteiger partial charge < -0.3 is 5.32 Å². The molecule has 0 aliphatic rings. The van der Waals surface area contributed by atoms with Gasteiger partial charge >= 0.3 is 6.18 Å². The summed E-state index contributed by atoms with van der Waals surface area (Å²) in [7, 11) is 0. The molecule has 0 fully saturated rings. The Bertz CT molecular complexity index is 682. The molecule has 3 nitrogen and oxygen atoms in total. The Hall–Kier alpha value is -1.89. The smallest absolute Gasteiger partial charge is 0.348 e. The molecule has 1 unspecified atom stereocenters. The maximum Gasteiger partial charge on any atom is 0.416 e. The minimum absolute atomic E-state index is 0.0982. The lowest BCUT2D eigenvalue weighted by molar-refractivity contribution is -0.137. The van der Waals surface area contributed by atoms with Gasteiger partial charge in [0.25, 0.3) is 0 Å². The molecule has 2 aromatic rings. The van der Waals surface area contributed by atoms with Crippen LogP contribution in [0.25, 0.3) is 0 Å². The van der Waals surface area contributed by atoms with Crippen LogP contribution in [0.3, 0.4) is 0 Å². The van der Waals surface area contributed by atoms with Gasteiger partial charge in [0.15, 0.2) is 0 Å². The molecular weight excluding hydrogens is 325 g/mol. The van der Waals surface area contributed by atoms with E-state index in [2.05, 4.69) is 10.3 Å². The second-order valence-corrected chi connectivity index (χ2v) is 6.13. The van der Waals surface area contributed by atoms with E-state index >= 15 is 0 Å². The van der Waals surface area contributed by atoms with Crippen LogP contribution in [0.4, 0.5) is 13.2 Å². The van der Waals surface area contributed by atoms with Crippen LogP contribution in [-0.4, -0.2) is 10.9 Å². The van der Waals surface area contributed by atoms with E-state index in [1.807, 2.05) is 12.3 Å². The SMILES string of the molecule is CCc1nc(C(C)NC(=O)Cc2cccc(C(F)(F)F)c2)cs1. The predicted octanol–water partition coefficient (Wildman–Crippen LogP) is 4.14. The summed E-state index contributed by atoms with van der Waals surface area (Å²) in [5.74, 6) is -0.331. The number of halogens is 3. The lowest BCUT2D eigenvalue weighted by Gasteiger charge is -2.12. The van der Waals surface area contributed by atoms with Crippen LogP contribution in [0, 0.1) is 0 Å². The fraction of sp³-hybridized carbons (Fsp3) is 0.375. The quantitative estimate of drug-likeness (QED) is 0.887. The van der Waals surface area contributed by atoms with E-state index in [1.54, 1.807) is 6.92 Å². The summed E-state index contributed by atoms with van der Waals surface area (Å²) >= 11 is 1.53. The maximum absolute atomic E-state index is 12.7. The monoisotopic (exact) mass is 342 g/mol. The molecule has 124 valence electrons. The van der Waals surface area contributed by atoms with Gasteiger partial charge in [0.2, 0.25) is 5.91 Å². The highest BCUT2D eigenvalue weighted by atomic mass is 32.1. The third-order valence-electron chi connectivity index (χ3n) is 3.31. The van der Waals surface area contributed by atoms with Gasteiger partial charge in [-0.3, -0.25) is 4.79 Å². The molecule has 0 aliphatic carbocycles. The van der Waals surface area contributed by atoms with Crippen molar-refractivity contribution in [2.45, 2.75) is 38.9 Å². The molecule has 1 aromatic carbocycles. The average molecular weight is 342 g/mol. The number of benzene rings is 1. The summed E-state index contributed by atoms with van der Waals surface area (Å²) in [4.78, 5) is 16.4. The Morgan fingerprint density at radius 2 is 2.13 bits per heavy atom. The molecule has 1 N–H and O–H groups in total. The van der Waals surface area contributed by atoms with Crippen molar-refractivity contribution in [2.75, 3.05) is 0 Å². The van der Waals surface area contributed by atoms with Crippen LogP contribution in [0.2, 0.25) is 0 Å². The Morgan fingerprint density at radius 1 is 1.39 bits per heavy atom. The van der Waals surface area contributed by atoms with Crippen LogP contribution < -0.4 is 5.32 Å². The molecular formula is C16H17F3N2OS. The molecule has 0 spiro atoms. The van der Waals surface area contributed by atoms with Gasteiger partial charge in [-0.1, -0.05) is 25.1 Å². The summed E-state index contributed by atoms with van der Waals surface area (Å²) in [6, 6.07) is 4.54. The number of thiazole rings is 1. The Balaban J connectivity index is 1.99. The standard InChI is InChI=1S/C16H17F3N2OS/c1-3-15-21-13(9-23-15)10(2)20-14(22)8-11-5-4-6-12(7-11)16(17,18)19/h4-7,9-10H,3,8H2,1-2H3,(H,20,22). The minimum Gasteiger partial charge on any atom is -0.348 e. The zero-order chi connectivity index (χ0) is 17.0. The number of rotatable bonds is 5. The second-order valence-electron chi connectivity index (χ2n) is 5.18. The number of aromatic nitrogens is 1. The molecule has 1 amide bonds. The van der Waals surface area contributed by atoms with Crippen LogP contribution >= 0.6 is 11.3 Å². The van der Waals surface area contributed by atoms with Crippen LogP contribution in [0.5, 0.6) is 0 Å². The van der Waals surface area contributed by atoms with Crippen molar-refractivity contribution in [3.63, 3.8) is 0 Å². The van der Waals surface area contributed by atoms with Crippen molar-refractivity contribution in [1.29, 1.82) is 0 Å². The molecule has 23 heavy (non-hydrogen) atoms. The number of carbonyl (C=O) groups is 1. The minimum atomic E-state index is -4.41. The summed E-state index contributed by atoms with van der Waals surface area (Å²) in [5.41, 5.74) is 0.351. The van der Waals surface area contributed by atoms with Gasteiger partial charge in [-0.2, -0.15) is 13.2 Å². The highest BCUT2D eigenvalue weighted by Crippen LogP contribution is 2.29. The summed E-state index contributed by atoms with van der Waals surface area (Å²) in [6.07, 6.45) is -3.68. The number of carbonyl (C=O) groups excluding carboxylic acids is 1. The first kappa shape index (κ1) is 17.5. The first-order chi connectivity index (χ1) is 10.8. The van der Waals surface area contributed by atoms with Gasteiger partial charge in [-0.05, 0) is 25.0 Å². The molecule has 0 radical (unpaired) electrons. The fourth-order valence-corrected chi connectivity index (χ4v) is 2.93. The fourth-order valence-electron chi connectivity index (χ4n) is 2.10. The lowest BCUT2D eigenvalue weighted by Crippen LogP contribution is -2.28. The molecule has 2 rings (SSSR count). The van der Waals surface area contributed by atoms with Crippen molar-refractivity contribution in [3.05, 3.63) is 51.5 Å². The predicted molar refractivity (Wildman–Crippen MR) is 83.2 cm³/mol. The highest BCUT2D eigenvalue weighted by Gasteiger charge is 2.30. The number of amides is 1. The number of nitrogens with one attached hydrogen (secondary N) is 1. The Kier molecular flexibility index (Phi) is 5.41. The van der Waals surface area contributed by atoms with E-state index < -0.39 is 11.7 Å². The maximum atomic E-state index is 12.7. The van der Waals surface area contributed by atoms with Crippen molar-refractivity contribution in [2.24, 2.45) is 0 Å². The zero-order valence-electron chi connectivity index (χ0n) is 12.8. The van der Waals surface area contributed by atoms with E-state index in [1.165, 1.54) is 23.5 Å². The van der Waals surface area contributed by atoms with Crippen molar-refractivity contribution < 1.29 is 18.0 Å². The van der Waals surface area contributed by atoms with Gasteiger partial charge in [0, 0.05) is 5.38 Å². The molecule has 1 heterocycles. The number of hydrogen-bond donors (Lipinski definition) is 1. The normalized spacial score (nSPS) is 12.9. The first-order valence-corrected chi connectivity index (χ1v) is 8.07. The summed E-state index contributed by atoms with van der Waals surface area (Å²) < 4.78 is 38.0. The molecule has 7 heteroatoms. The van der Waals surface area contributed by atoms with E-state index in [0.717, 1.165) is 29.3 Å². The molecule has 1 atom stereocenters. The molecule has 0 bridgehead atoms. The number of alkyl halides is 3. The average Bonchev–Trinajstić information content (AvgIpc) is 2.95. The van der Waals surface area contributed by atoms with Gasteiger partial charge in [-0.15, -0.1) is 11.3 Å². The molecule has 1 aromatic heterocycles. The summed E-state index contributed by atoms with van der Waals surface area (Å²) in [6.45, 7) is 3.80. The third kappa shape index (κ3) is 4.79. The van der Waals surface area contributed by atoms with E-state index in [9.17, 15) is 18.0 Å². The Labute approximate surface area is 136 Å². The van der Waals surface area contributed by atoms with Crippen LogP contribution in [0.15, 0.2) is 29.6 Å². The lowest BCUT2D eigenvalue weighted by atomic mass is 10.1.